The van der Waals surface area contributed by atoms with Gasteiger partial charge in [-0.2, -0.15) is 0 Å². The van der Waals surface area contributed by atoms with Crippen LogP contribution < -0.4 is 4.90 Å². The minimum absolute atomic E-state index is 0.134. The van der Waals surface area contributed by atoms with Crippen LogP contribution in [0.4, 0.5) is 10.5 Å². The number of rotatable bonds is 2. The summed E-state index contributed by atoms with van der Waals surface area (Å²) in [6.45, 7) is 1.88. The predicted molar refractivity (Wildman–Crippen MR) is 86.5 cm³/mol. The van der Waals surface area contributed by atoms with Gasteiger partial charge in [-0.25, -0.2) is 4.79 Å². The summed E-state index contributed by atoms with van der Waals surface area (Å²) in [5.41, 5.74) is 1.51. The number of anilines is 1. The van der Waals surface area contributed by atoms with Gasteiger partial charge in [0.05, 0.1) is 6.54 Å². The minimum atomic E-state index is -0.311. The molecule has 0 bridgehead atoms. The maximum Gasteiger partial charge on any atom is 0.414 e. The van der Waals surface area contributed by atoms with Crippen molar-refractivity contribution < 1.29 is 14.3 Å². The predicted octanol–water partition coefficient (Wildman–Crippen LogP) is 3.05. The second kappa shape index (κ2) is 5.87. The van der Waals surface area contributed by atoms with Crippen molar-refractivity contribution in [3.63, 3.8) is 0 Å². The topological polar surface area (TPSA) is 49.9 Å². The molecule has 0 spiro atoms. The van der Waals surface area contributed by atoms with Crippen LogP contribution in [0.25, 0.3) is 0 Å². The van der Waals surface area contributed by atoms with Crippen LogP contribution in [-0.2, 0) is 4.74 Å². The molecule has 5 nitrogen and oxygen atoms in total. The van der Waals surface area contributed by atoms with Gasteiger partial charge in [0.15, 0.2) is 0 Å². The molecule has 2 saturated heterocycles. The fourth-order valence-corrected chi connectivity index (χ4v) is 4.24. The third-order valence-electron chi connectivity index (χ3n) is 5.46. The highest BCUT2D eigenvalue weighted by Gasteiger charge is 2.38. The van der Waals surface area contributed by atoms with Crippen molar-refractivity contribution in [1.82, 2.24) is 4.90 Å². The van der Waals surface area contributed by atoms with E-state index in [1.54, 1.807) is 4.90 Å². The number of likely N-dealkylation sites (tertiary alicyclic amines) is 1. The second-order valence-electron chi connectivity index (χ2n) is 6.71. The molecule has 2 unspecified atom stereocenters. The number of benzene rings is 1. The van der Waals surface area contributed by atoms with Gasteiger partial charge >= 0.3 is 6.09 Å². The van der Waals surface area contributed by atoms with Gasteiger partial charge in [-0.1, -0.05) is 12.8 Å². The van der Waals surface area contributed by atoms with Gasteiger partial charge < -0.3 is 9.64 Å². The van der Waals surface area contributed by atoms with Crippen LogP contribution in [0.2, 0.25) is 0 Å². The molecule has 122 valence electrons. The van der Waals surface area contributed by atoms with Gasteiger partial charge in [-0.3, -0.25) is 9.69 Å². The van der Waals surface area contributed by atoms with E-state index < -0.39 is 0 Å². The van der Waals surface area contributed by atoms with Gasteiger partial charge in [-0.05, 0) is 49.4 Å². The molecule has 2 heterocycles. The van der Waals surface area contributed by atoms with E-state index in [0.717, 1.165) is 25.1 Å². The molecule has 1 aliphatic carbocycles. The van der Waals surface area contributed by atoms with Crippen LogP contribution >= 0.6 is 0 Å². The first kappa shape index (κ1) is 14.5. The summed E-state index contributed by atoms with van der Waals surface area (Å²) in [7, 11) is 0. The van der Waals surface area contributed by atoms with E-state index in [9.17, 15) is 9.59 Å². The summed E-state index contributed by atoms with van der Waals surface area (Å²) >= 11 is 0. The first-order chi connectivity index (χ1) is 11.2. The van der Waals surface area contributed by atoms with Crippen molar-refractivity contribution in [2.75, 3.05) is 24.6 Å². The SMILES string of the molecule is O=C1OCCN1c1ccc(C(=O)N2CCC3CCCCC32)cc1. The zero-order valence-corrected chi connectivity index (χ0v) is 13.2. The van der Waals surface area contributed by atoms with Gasteiger partial charge in [0.1, 0.15) is 6.61 Å². The van der Waals surface area contributed by atoms with E-state index in [0.29, 0.717) is 30.7 Å². The largest absolute Gasteiger partial charge is 0.447 e. The standard InChI is InChI=1S/C18H22N2O3/c21-17(20-10-9-13-3-1-2-4-16(13)20)14-5-7-15(8-6-14)19-11-12-23-18(19)22/h5-8,13,16H,1-4,9-12H2. The van der Waals surface area contributed by atoms with E-state index in [4.69, 9.17) is 4.74 Å². The molecular weight excluding hydrogens is 292 g/mol. The molecular formula is C18H22N2O3. The molecule has 0 N–H and O–H groups in total. The fourth-order valence-electron chi connectivity index (χ4n) is 4.24. The van der Waals surface area contributed by atoms with E-state index in [2.05, 4.69) is 4.90 Å². The van der Waals surface area contributed by atoms with Crippen molar-refractivity contribution in [3.05, 3.63) is 29.8 Å². The molecule has 3 fully saturated rings. The number of carbonyl (C=O) groups excluding carboxylic acids is 2. The van der Waals surface area contributed by atoms with E-state index >= 15 is 0 Å². The van der Waals surface area contributed by atoms with E-state index in [1.807, 2.05) is 24.3 Å². The monoisotopic (exact) mass is 314 g/mol. The molecule has 1 aromatic rings. The fraction of sp³-hybridized carbons (Fsp3) is 0.556. The van der Waals surface area contributed by atoms with Crippen molar-refractivity contribution >= 4 is 17.7 Å². The maximum atomic E-state index is 12.8. The van der Waals surface area contributed by atoms with Crippen LogP contribution in [-0.4, -0.2) is 42.6 Å². The Morgan fingerprint density at radius 3 is 2.57 bits per heavy atom. The molecule has 2 amide bonds. The molecule has 2 aliphatic heterocycles. The average molecular weight is 314 g/mol. The third kappa shape index (κ3) is 2.58. The number of amides is 2. The maximum absolute atomic E-state index is 12.8. The lowest BCUT2D eigenvalue weighted by Gasteiger charge is -2.31. The van der Waals surface area contributed by atoms with Crippen LogP contribution in [0.3, 0.4) is 0 Å². The molecule has 0 aromatic heterocycles. The van der Waals surface area contributed by atoms with Gasteiger partial charge in [-0.15, -0.1) is 0 Å². The first-order valence-corrected chi connectivity index (χ1v) is 8.59. The van der Waals surface area contributed by atoms with E-state index in [1.165, 1.54) is 19.3 Å². The second-order valence-corrected chi connectivity index (χ2v) is 6.71. The summed E-state index contributed by atoms with van der Waals surface area (Å²) in [5.74, 6) is 0.835. The summed E-state index contributed by atoms with van der Waals surface area (Å²) in [4.78, 5) is 28.1. The number of carbonyl (C=O) groups is 2. The highest BCUT2D eigenvalue weighted by molar-refractivity contribution is 5.96. The first-order valence-electron chi connectivity index (χ1n) is 8.59. The number of cyclic esters (lactones) is 1. The third-order valence-corrected chi connectivity index (χ3v) is 5.46. The molecule has 1 aromatic carbocycles. The molecule has 3 aliphatic rings. The van der Waals surface area contributed by atoms with Gasteiger partial charge in [0, 0.05) is 23.8 Å². The zero-order chi connectivity index (χ0) is 15.8. The number of hydrogen-bond donors (Lipinski definition) is 0. The van der Waals surface area contributed by atoms with Gasteiger partial charge in [0.2, 0.25) is 0 Å². The lowest BCUT2D eigenvalue weighted by Crippen LogP contribution is -2.39. The molecule has 0 radical (unpaired) electrons. The summed E-state index contributed by atoms with van der Waals surface area (Å²) < 4.78 is 4.95. The Morgan fingerprint density at radius 1 is 1.04 bits per heavy atom. The molecule has 1 saturated carbocycles. The number of nitrogens with zero attached hydrogens (tertiary/aromatic N) is 2. The van der Waals surface area contributed by atoms with Crippen molar-refractivity contribution in [2.45, 2.75) is 38.1 Å². The zero-order valence-electron chi connectivity index (χ0n) is 13.2. The average Bonchev–Trinajstić information content (AvgIpc) is 3.20. The molecule has 4 rings (SSSR count). The lowest BCUT2D eigenvalue weighted by atomic mass is 9.85. The summed E-state index contributed by atoms with van der Waals surface area (Å²) in [5, 5.41) is 0. The molecule has 5 heteroatoms. The Bertz CT molecular complexity index is 613. The Kier molecular flexibility index (Phi) is 3.71. The summed E-state index contributed by atoms with van der Waals surface area (Å²) in [6, 6.07) is 7.78. The van der Waals surface area contributed by atoms with Crippen LogP contribution in [0, 0.1) is 5.92 Å². The van der Waals surface area contributed by atoms with Gasteiger partial charge in [0.25, 0.3) is 5.91 Å². The van der Waals surface area contributed by atoms with Crippen LogP contribution in [0.5, 0.6) is 0 Å². The van der Waals surface area contributed by atoms with Crippen molar-refractivity contribution in [1.29, 1.82) is 0 Å². The van der Waals surface area contributed by atoms with Crippen molar-refractivity contribution in [3.8, 4) is 0 Å². The Morgan fingerprint density at radius 2 is 1.83 bits per heavy atom. The minimum Gasteiger partial charge on any atom is -0.447 e. The Balaban J connectivity index is 1.49. The number of hydrogen-bond acceptors (Lipinski definition) is 3. The van der Waals surface area contributed by atoms with Crippen molar-refractivity contribution in [2.24, 2.45) is 5.92 Å². The summed E-state index contributed by atoms with van der Waals surface area (Å²) in [6.07, 6.45) is 5.80. The van der Waals surface area contributed by atoms with E-state index in [-0.39, 0.29) is 12.0 Å². The Hall–Kier alpha value is -2.04. The highest BCUT2D eigenvalue weighted by atomic mass is 16.6. The quantitative estimate of drug-likeness (QED) is 0.843. The molecule has 2 atom stereocenters. The van der Waals surface area contributed by atoms with Crippen LogP contribution in [0.15, 0.2) is 24.3 Å². The smallest absolute Gasteiger partial charge is 0.414 e. The Labute approximate surface area is 136 Å². The molecule has 23 heavy (non-hydrogen) atoms. The number of fused-ring (bicyclic) bond motifs is 1. The van der Waals surface area contributed by atoms with Crippen LogP contribution in [0.1, 0.15) is 42.5 Å². The number of ether oxygens (including phenoxy) is 1. The normalized spacial score (nSPS) is 27.0. The highest BCUT2D eigenvalue weighted by Crippen LogP contribution is 2.37. The lowest BCUT2D eigenvalue weighted by molar-refractivity contribution is 0.0690.